The van der Waals surface area contributed by atoms with Gasteiger partial charge in [-0.3, -0.25) is 4.79 Å². The number of carbonyl (C=O) groups excluding carboxylic acids is 1. The molecule has 2 atom stereocenters. The van der Waals surface area contributed by atoms with Crippen LogP contribution in [0.25, 0.3) is 0 Å². The second-order valence-corrected chi connectivity index (χ2v) is 3.88. The summed E-state index contributed by atoms with van der Waals surface area (Å²) in [6.07, 6.45) is 1.36. The SMILES string of the molecule is CCCOCCC(=O)NC(C)C(C)CO. The molecule has 0 aliphatic heterocycles. The largest absolute Gasteiger partial charge is 0.396 e. The number of aliphatic hydroxyl groups is 1. The van der Waals surface area contributed by atoms with E-state index in [4.69, 9.17) is 9.84 Å². The van der Waals surface area contributed by atoms with Gasteiger partial charge in [0.05, 0.1) is 6.61 Å². The van der Waals surface area contributed by atoms with Gasteiger partial charge in [-0.05, 0) is 19.3 Å². The van der Waals surface area contributed by atoms with E-state index in [2.05, 4.69) is 5.32 Å². The van der Waals surface area contributed by atoms with E-state index in [9.17, 15) is 4.79 Å². The van der Waals surface area contributed by atoms with Crippen molar-refractivity contribution in [2.24, 2.45) is 5.92 Å². The molecule has 15 heavy (non-hydrogen) atoms. The highest BCUT2D eigenvalue weighted by Crippen LogP contribution is 2.00. The monoisotopic (exact) mass is 217 g/mol. The fraction of sp³-hybridized carbons (Fsp3) is 0.909. The molecule has 0 rings (SSSR count). The molecule has 2 unspecified atom stereocenters. The van der Waals surface area contributed by atoms with E-state index >= 15 is 0 Å². The molecule has 0 spiro atoms. The van der Waals surface area contributed by atoms with Crippen LogP contribution >= 0.6 is 0 Å². The third-order valence-electron chi connectivity index (χ3n) is 2.35. The highest BCUT2D eigenvalue weighted by Gasteiger charge is 2.13. The number of aliphatic hydroxyl groups excluding tert-OH is 1. The van der Waals surface area contributed by atoms with Crippen molar-refractivity contribution in [1.82, 2.24) is 5.32 Å². The van der Waals surface area contributed by atoms with Crippen LogP contribution in [-0.4, -0.2) is 36.9 Å². The van der Waals surface area contributed by atoms with Crippen LogP contribution in [0.15, 0.2) is 0 Å². The molecule has 0 aromatic rings. The zero-order valence-electron chi connectivity index (χ0n) is 9.95. The predicted molar refractivity (Wildman–Crippen MR) is 59.6 cm³/mol. The molecule has 0 aliphatic carbocycles. The van der Waals surface area contributed by atoms with Crippen molar-refractivity contribution in [2.45, 2.75) is 39.7 Å². The topological polar surface area (TPSA) is 58.6 Å². The molecule has 1 amide bonds. The average Bonchev–Trinajstić information content (AvgIpc) is 2.23. The van der Waals surface area contributed by atoms with Gasteiger partial charge in [-0.15, -0.1) is 0 Å². The van der Waals surface area contributed by atoms with Crippen LogP contribution in [0, 0.1) is 5.92 Å². The van der Waals surface area contributed by atoms with Crippen LogP contribution in [-0.2, 0) is 9.53 Å². The molecule has 2 N–H and O–H groups in total. The minimum Gasteiger partial charge on any atom is -0.396 e. The molecule has 0 fully saturated rings. The fourth-order valence-electron chi connectivity index (χ4n) is 1.04. The summed E-state index contributed by atoms with van der Waals surface area (Å²) in [4.78, 5) is 11.4. The molecule has 4 heteroatoms. The second-order valence-electron chi connectivity index (χ2n) is 3.88. The second kappa shape index (κ2) is 8.68. The predicted octanol–water partition coefficient (Wildman–Crippen LogP) is 0.936. The minimum absolute atomic E-state index is 0.00803. The van der Waals surface area contributed by atoms with Crippen LogP contribution in [0.5, 0.6) is 0 Å². The Labute approximate surface area is 92.0 Å². The van der Waals surface area contributed by atoms with E-state index in [0.29, 0.717) is 19.6 Å². The van der Waals surface area contributed by atoms with Gasteiger partial charge in [0.1, 0.15) is 0 Å². The standard InChI is InChI=1S/C11H23NO3/c1-4-6-15-7-5-11(14)12-10(3)9(2)8-13/h9-10,13H,4-8H2,1-3H3,(H,12,14). The van der Waals surface area contributed by atoms with E-state index in [0.717, 1.165) is 6.42 Å². The Morgan fingerprint density at radius 3 is 2.60 bits per heavy atom. The number of nitrogens with one attached hydrogen (secondary N) is 1. The zero-order valence-corrected chi connectivity index (χ0v) is 9.95. The summed E-state index contributed by atoms with van der Waals surface area (Å²) in [6.45, 7) is 7.10. The minimum atomic E-state index is -0.0149. The van der Waals surface area contributed by atoms with Gasteiger partial charge in [0.25, 0.3) is 0 Å². The molecule has 0 saturated carbocycles. The van der Waals surface area contributed by atoms with Crippen molar-refractivity contribution in [3.8, 4) is 0 Å². The van der Waals surface area contributed by atoms with E-state index in [1.165, 1.54) is 0 Å². The van der Waals surface area contributed by atoms with Crippen LogP contribution < -0.4 is 5.32 Å². The van der Waals surface area contributed by atoms with Crippen molar-refractivity contribution in [2.75, 3.05) is 19.8 Å². The summed E-state index contributed by atoms with van der Waals surface area (Å²) in [5.41, 5.74) is 0. The maximum Gasteiger partial charge on any atom is 0.222 e. The van der Waals surface area contributed by atoms with Gasteiger partial charge in [0, 0.05) is 25.7 Å². The van der Waals surface area contributed by atoms with Crippen LogP contribution in [0.2, 0.25) is 0 Å². The van der Waals surface area contributed by atoms with E-state index < -0.39 is 0 Å². The Bertz CT molecular complexity index is 173. The number of rotatable bonds is 8. The highest BCUT2D eigenvalue weighted by atomic mass is 16.5. The summed E-state index contributed by atoms with van der Waals surface area (Å²) in [5.74, 6) is 0.0735. The Kier molecular flexibility index (Phi) is 8.33. The van der Waals surface area contributed by atoms with Crippen molar-refractivity contribution in [3.05, 3.63) is 0 Å². The normalized spacial score (nSPS) is 14.7. The van der Waals surface area contributed by atoms with E-state index in [-0.39, 0.29) is 24.5 Å². The first-order valence-electron chi connectivity index (χ1n) is 5.59. The maximum absolute atomic E-state index is 11.4. The fourth-order valence-corrected chi connectivity index (χ4v) is 1.04. The smallest absolute Gasteiger partial charge is 0.222 e. The summed E-state index contributed by atoms with van der Waals surface area (Å²) in [6, 6.07) is 0.00803. The first-order valence-corrected chi connectivity index (χ1v) is 5.59. The van der Waals surface area contributed by atoms with Gasteiger partial charge in [-0.2, -0.15) is 0 Å². The van der Waals surface area contributed by atoms with Gasteiger partial charge >= 0.3 is 0 Å². The van der Waals surface area contributed by atoms with Gasteiger partial charge in [0.2, 0.25) is 5.91 Å². The molecular formula is C11H23NO3. The van der Waals surface area contributed by atoms with Crippen LogP contribution in [0.3, 0.4) is 0 Å². The highest BCUT2D eigenvalue weighted by molar-refractivity contribution is 5.76. The number of ether oxygens (including phenoxy) is 1. The third kappa shape index (κ3) is 7.33. The van der Waals surface area contributed by atoms with Crippen molar-refractivity contribution >= 4 is 5.91 Å². The van der Waals surface area contributed by atoms with E-state index in [1.54, 1.807) is 0 Å². The zero-order chi connectivity index (χ0) is 11.7. The third-order valence-corrected chi connectivity index (χ3v) is 2.35. The van der Waals surface area contributed by atoms with Gasteiger partial charge in [-0.25, -0.2) is 0 Å². The Hall–Kier alpha value is -0.610. The Morgan fingerprint density at radius 2 is 2.07 bits per heavy atom. The van der Waals surface area contributed by atoms with Crippen LogP contribution in [0.1, 0.15) is 33.6 Å². The summed E-state index contributed by atoms with van der Waals surface area (Å²) < 4.78 is 5.21. The number of hydrogen-bond donors (Lipinski definition) is 2. The van der Waals surface area contributed by atoms with Crippen LogP contribution in [0.4, 0.5) is 0 Å². The lowest BCUT2D eigenvalue weighted by atomic mass is 10.1. The molecule has 0 radical (unpaired) electrons. The van der Waals surface area contributed by atoms with Crippen molar-refractivity contribution in [3.63, 3.8) is 0 Å². The van der Waals surface area contributed by atoms with Gasteiger partial charge in [-0.1, -0.05) is 13.8 Å². The molecule has 4 nitrogen and oxygen atoms in total. The van der Waals surface area contributed by atoms with Gasteiger partial charge in [0.15, 0.2) is 0 Å². The first-order chi connectivity index (χ1) is 7.11. The molecule has 90 valence electrons. The number of hydrogen-bond acceptors (Lipinski definition) is 3. The molecule has 0 heterocycles. The van der Waals surface area contributed by atoms with Gasteiger partial charge < -0.3 is 15.2 Å². The molecule has 0 aromatic heterocycles. The van der Waals surface area contributed by atoms with Crippen molar-refractivity contribution in [1.29, 1.82) is 0 Å². The summed E-state index contributed by atoms with van der Waals surface area (Å²) in [5, 5.41) is 11.7. The van der Waals surface area contributed by atoms with E-state index in [1.807, 2.05) is 20.8 Å². The number of amides is 1. The average molecular weight is 217 g/mol. The molecule has 0 aliphatic rings. The summed E-state index contributed by atoms with van der Waals surface area (Å²) in [7, 11) is 0. The summed E-state index contributed by atoms with van der Waals surface area (Å²) >= 11 is 0. The first kappa shape index (κ1) is 14.4. The quantitative estimate of drug-likeness (QED) is 0.595. The maximum atomic E-state index is 11.4. The molecule has 0 aromatic carbocycles. The molecule has 0 saturated heterocycles. The molecular weight excluding hydrogens is 194 g/mol. The lowest BCUT2D eigenvalue weighted by Crippen LogP contribution is -2.38. The Morgan fingerprint density at radius 1 is 1.40 bits per heavy atom. The van der Waals surface area contributed by atoms with Crippen molar-refractivity contribution < 1.29 is 14.6 Å². The lowest BCUT2D eigenvalue weighted by molar-refractivity contribution is -0.123. The Balaban J connectivity index is 3.55. The number of carbonyl (C=O) groups is 1. The molecule has 0 bridgehead atoms. The lowest BCUT2D eigenvalue weighted by Gasteiger charge is -2.19.